The van der Waals surface area contributed by atoms with Crippen molar-refractivity contribution in [2.75, 3.05) is 38.6 Å². The second kappa shape index (κ2) is 6.57. The Morgan fingerprint density at radius 2 is 2.11 bits per heavy atom. The zero-order valence-corrected chi connectivity index (χ0v) is 11.8. The molecule has 2 rings (SSSR count). The van der Waals surface area contributed by atoms with Gasteiger partial charge in [-0.25, -0.2) is 0 Å². The average molecular weight is 261 g/mol. The molecule has 1 atom stereocenters. The molecule has 1 amide bonds. The monoisotopic (exact) mass is 261 g/mol. The molecule has 1 aromatic rings. The lowest BCUT2D eigenvalue weighted by Gasteiger charge is -2.22. The third kappa shape index (κ3) is 3.96. The van der Waals surface area contributed by atoms with Gasteiger partial charge in [-0.3, -0.25) is 4.79 Å². The summed E-state index contributed by atoms with van der Waals surface area (Å²) in [6.45, 7) is 2.89. The molecule has 0 saturated carbocycles. The summed E-state index contributed by atoms with van der Waals surface area (Å²) in [5.41, 5.74) is 1.84. The van der Waals surface area contributed by atoms with E-state index in [0.717, 1.165) is 30.9 Å². The van der Waals surface area contributed by atoms with Crippen molar-refractivity contribution in [2.24, 2.45) is 5.92 Å². The molecule has 0 aromatic heterocycles. The van der Waals surface area contributed by atoms with Crippen molar-refractivity contribution < 1.29 is 4.79 Å². The normalized spacial score (nSPS) is 18.9. The van der Waals surface area contributed by atoms with E-state index >= 15 is 0 Å². The van der Waals surface area contributed by atoms with Crippen LogP contribution in [0.1, 0.15) is 23.2 Å². The lowest BCUT2D eigenvalue weighted by Crippen LogP contribution is -2.38. The van der Waals surface area contributed by atoms with Gasteiger partial charge in [-0.1, -0.05) is 0 Å². The second-order valence-electron chi connectivity index (χ2n) is 5.36. The highest BCUT2D eigenvalue weighted by molar-refractivity contribution is 5.94. The number of piperidine rings is 1. The topological polar surface area (TPSA) is 44.4 Å². The highest BCUT2D eigenvalue weighted by atomic mass is 16.1. The van der Waals surface area contributed by atoms with Crippen molar-refractivity contribution in [3.8, 4) is 0 Å². The van der Waals surface area contributed by atoms with Crippen LogP contribution < -0.4 is 15.5 Å². The average Bonchev–Trinajstić information content (AvgIpc) is 2.46. The summed E-state index contributed by atoms with van der Waals surface area (Å²) in [5.74, 6) is 0.592. The Hall–Kier alpha value is -1.55. The van der Waals surface area contributed by atoms with Crippen LogP contribution in [0.3, 0.4) is 0 Å². The number of amides is 1. The van der Waals surface area contributed by atoms with Crippen LogP contribution in [0, 0.1) is 5.92 Å². The second-order valence-corrected chi connectivity index (χ2v) is 5.36. The van der Waals surface area contributed by atoms with Crippen molar-refractivity contribution in [3.63, 3.8) is 0 Å². The van der Waals surface area contributed by atoms with Gasteiger partial charge in [0.2, 0.25) is 0 Å². The van der Waals surface area contributed by atoms with Gasteiger partial charge in [-0.2, -0.15) is 0 Å². The van der Waals surface area contributed by atoms with Crippen LogP contribution >= 0.6 is 0 Å². The van der Waals surface area contributed by atoms with Crippen LogP contribution in [0.4, 0.5) is 5.69 Å². The molecule has 0 bridgehead atoms. The van der Waals surface area contributed by atoms with Gasteiger partial charge in [0.15, 0.2) is 0 Å². The van der Waals surface area contributed by atoms with Gasteiger partial charge < -0.3 is 15.5 Å². The Bertz CT molecular complexity index is 408. The summed E-state index contributed by atoms with van der Waals surface area (Å²) in [4.78, 5) is 14.0. The first kappa shape index (κ1) is 13.9. The van der Waals surface area contributed by atoms with Gasteiger partial charge in [0, 0.05) is 31.9 Å². The molecule has 1 heterocycles. The molecule has 4 heteroatoms. The zero-order valence-electron chi connectivity index (χ0n) is 11.8. The first-order valence-corrected chi connectivity index (χ1v) is 6.93. The Morgan fingerprint density at radius 3 is 2.68 bits per heavy atom. The molecule has 1 aromatic carbocycles. The standard InChI is InChI=1S/C15H23N3O/c1-18(2)14-7-5-13(6-8-14)15(19)17-11-12-4-3-9-16-10-12/h5-8,12,16H,3-4,9-11H2,1-2H3,(H,17,19). The molecule has 2 N–H and O–H groups in total. The Kier molecular flexibility index (Phi) is 4.80. The third-order valence-corrected chi connectivity index (χ3v) is 3.60. The summed E-state index contributed by atoms with van der Waals surface area (Å²) < 4.78 is 0. The minimum atomic E-state index is 0.0240. The van der Waals surface area contributed by atoms with Crippen LogP contribution in [0.5, 0.6) is 0 Å². The molecule has 19 heavy (non-hydrogen) atoms. The lowest BCUT2D eigenvalue weighted by atomic mass is 9.99. The Morgan fingerprint density at radius 1 is 1.37 bits per heavy atom. The number of nitrogens with one attached hydrogen (secondary N) is 2. The van der Waals surface area contributed by atoms with Crippen molar-refractivity contribution in [3.05, 3.63) is 29.8 Å². The molecular formula is C15H23N3O. The van der Waals surface area contributed by atoms with Gasteiger partial charge in [0.25, 0.3) is 5.91 Å². The maximum Gasteiger partial charge on any atom is 0.251 e. The summed E-state index contributed by atoms with van der Waals surface area (Å²) in [6.07, 6.45) is 2.41. The van der Waals surface area contributed by atoms with E-state index in [4.69, 9.17) is 0 Å². The van der Waals surface area contributed by atoms with Crippen molar-refractivity contribution in [1.29, 1.82) is 0 Å². The molecule has 1 fully saturated rings. The van der Waals surface area contributed by atoms with E-state index in [1.54, 1.807) is 0 Å². The van der Waals surface area contributed by atoms with Crippen LogP contribution in [-0.4, -0.2) is 39.6 Å². The SMILES string of the molecule is CN(C)c1ccc(C(=O)NCC2CCCNC2)cc1. The minimum Gasteiger partial charge on any atom is -0.378 e. The van der Waals surface area contributed by atoms with Crippen LogP contribution in [0.25, 0.3) is 0 Å². The number of benzene rings is 1. The summed E-state index contributed by atoms with van der Waals surface area (Å²) in [5, 5.41) is 6.39. The fraction of sp³-hybridized carbons (Fsp3) is 0.533. The fourth-order valence-corrected chi connectivity index (χ4v) is 2.35. The largest absolute Gasteiger partial charge is 0.378 e. The highest BCUT2D eigenvalue weighted by Crippen LogP contribution is 2.13. The number of carbonyl (C=O) groups excluding carboxylic acids is 1. The van der Waals surface area contributed by atoms with Gasteiger partial charge in [0.05, 0.1) is 0 Å². The molecule has 0 aliphatic carbocycles. The Balaban J connectivity index is 1.85. The fourth-order valence-electron chi connectivity index (χ4n) is 2.35. The van der Waals surface area contributed by atoms with Crippen LogP contribution in [-0.2, 0) is 0 Å². The minimum absolute atomic E-state index is 0.0240. The number of nitrogens with zero attached hydrogens (tertiary/aromatic N) is 1. The summed E-state index contributed by atoms with van der Waals surface area (Å²) in [6, 6.07) is 7.70. The van der Waals surface area contributed by atoms with Gasteiger partial charge in [0.1, 0.15) is 0 Å². The van der Waals surface area contributed by atoms with Gasteiger partial charge >= 0.3 is 0 Å². The summed E-state index contributed by atoms with van der Waals surface area (Å²) >= 11 is 0. The predicted molar refractivity (Wildman–Crippen MR) is 78.7 cm³/mol. The van der Waals surface area contributed by atoms with E-state index in [9.17, 15) is 4.79 Å². The van der Waals surface area contributed by atoms with Gasteiger partial charge in [-0.05, 0) is 56.1 Å². The van der Waals surface area contributed by atoms with E-state index in [1.165, 1.54) is 12.8 Å². The van der Waals surface area contributed by atoms with E-state index in [1.807, 2.05) is 43.3 Å². The van der Waals surface area contributed by atoms with E-state index in [0.29, 0.717) is 5.92 Å². The third-order valence-electron chi connectivity index (χ3n) is 3.60. The van der Waals surface area contributed by atoms with Crippen LogP contribution in [0.2, 0.25) is 0 Å². The van der Waals surface area contributed by atoms with Crippen molar-refractivity contribution >= 4 is 11.6 Å². The van der Waals surface area contributed by atoms with Crippen molar-refractivity contribution in [2.45, 2.75) is 12.8 Å². The number of carbonyl (C=O) groups is 1. The first-order valence-electron chi connectivity index (χ1n) is 6.93. The number of hydrogen-bond donors (Lipinski definition) is 2. The molecule has 104 valence electrons. The zero-order chi connectivity index (χ0) is 13.7. The molecule has 1 unspecified atom stereocenters. The molecular weight excluding hydrogens is 238 g/mol. The number of rotatable bonds is 4. The molecule has 4 nitrogen and oxygen atoms in total. The number of hydrogen-bond acceptors (Lipinski definition) is 3. The predicted octanol–water partition coefficient (Wildman–Crippen LogP) is 1.48. The molecule has 1 saturated heterocycles. The first-order chi connectivity index (χ1) is 9.16. The molecule has 1 aliphatic rings. The maximum atomic E-state index is 12.0. The van der Waals surface area contributed by atoms with Gasteiger partial charge in [-0.15, -0.1) is 0 Å². The molecule has 1 aliphatic heterocycles. The van der Waals surface area contributed by atoms with E-state index in [2.05, 4.69) is 10.6 Å². The van der Waals surface area contributed by atoms with E-state index < -0.39 is 0 Å². The Labute approximate surface area is 115 Å². The maximum absolute atomic E-state index is 12.0. The number of anilines is 1. The highest BCUT2D eigenvalue weighted by Gasteiger charge is 2.14. The van der Waals surface area contributed by atoms with Crippen molar-refractivity contribution in [1.82, 2.24) is 10.6 Å². The quantitative estimate of drug-likeness (QED) is 0.863. The molecule has 0 spiro atoms. The smallest absolute Gasteiger partial charge is 0.251 e. The summed E-state index contributed by atoms with van der Waals surface area (Å²) in [7, 11) is 3.98. The molecule has 0 radical (unpaired) electrons. The van der Waals surface area contributed by atoms with E-state index in [-0.39, 0.29) is 5.91 Å². The lowest BCUT2D eigenvalue weighted by molar-refractivity contribution is 0.0945. The van der Waals surface area contributed by atoms with Crippen LogP contribution in [0.15, 0.2) is 24.3 Å².